The Labute approximate surface area is 99.4 Å². The molecule has 0 amide bonds. The Morgan fingerprint density at radius 2 is 2.18 bits per heavy atom. The lowest BCUT2D eigenvalue weighted by Crippen LogP contribution is -2.02. The Bertz CT molecular complexity index is 574. The molecule has 0 aliphatic carbocycles. The number of nitrogens with one attached hydrogen (secondary N) is 1. The second kappa shape index (κ2) is 4.58. The summed E-state index contributed by atoms with van der Waals surface area (Å²) in [5.74, 6) is 0.803. The first-order valence-corrected chi connectivity index (χ1v) is 6.87. The van der Waals surface area contributed by atoms with E-state index in [4.69, 9.17) is 4.42 Å². The van der Waals surface area contributed by atoms with Crippen molar-refractivity contribution < 1.29 is 12.8 Å². The van der Waals surface area contributed by atoms with Crippen molar-refractivity contribution in [1.29, 1.82) is 0 Å². The maximum atomic E-state index is 11.2. The van der Waals surface area contributed by atoms with Gasteiger partial charge in [-0.25, -0.2) is 13.4 Å². The number of hydrogen-bond acceptors (Lipinski definition) is 5. The zero-order valence-electron chi connectivity index (χ0n) is 9.25. The van der Waals surface area contributed by atoms with Crippen molar-refractivity contribution in [2.75, 3.05) is 11.6 Å². The lowest BCUT2D eigenvalue weighted by atomic mass is 10.4. The molecule has 0 atom stereocenters. The fraction of sp³-hybridized carbons (Fsp3) is 0.182. The molecular weight excluding hydrogens is 240 g/mol. The predicted molar refractivity (Wildman–Crippen MR) is 63.4 cm³/mol. The van der Waals surface area contributed by atoms with E-state index in [-0.39, 0.29) is 5.03 Å². The van der Waals surface area contributed by atoms with Crippen molar-refractivity contribution >= 4 is 15.5 Å². The molecule has 0 saturated carbocycles. The molecule has 0 radical (unpaired) electrons. The van der Waals surface area contributed by atoms with Gasteiger partial charge < -0.3 is 9.73 Å². The van der Waals surface area contributed by atoms with Gasteiger partial charge in [0.25, 0.3) is 0 Å². The van der Waals surface area contributed by atoms with Crippen LogP contribution in [0.15, 0.2) is 46.2 Å². The smallest absolute Gasteiger partial charge is 0.192 e. The lowest BCUT2D eigenvalue weighted by molar-refractivity contribution is 0.518. The second-order valence-electron chi connectivity index (χ2n) is 3.59. The first-order valence-electron chi connectivity index (χ1n) is 4.98. The molecule has 0 aliphatic heterocycles. The molecule has 0 fully saturated rings. The SMILES string of the molecule is CS(=O)(=O)c1ccc(NCc2ccco2)cn1. The summed E-state index contributed by atoms with van der Waals surface area (Å²) < 4.78 is 27.5. The van der Waals surface area contributed by atoms with E-state index in [1.807, 2.05) is 12.1 Å². The molecule has 1 N–H and O–H groups in total. The highest BCUT2D eigenvalue weighted by molar-refractivity contribution is 7.90. The van der Waals surface area contributed by atoms with E-state index in [2.05, 4.69) is 10.3 Å². The van der Waals surface area contributed by atoms with Gasteiger partial charge in [-0.05, 0) is 24.3 Å². The van der Waals surface area contributed by atoms with Crippen molar-refractivity contribution in [2.24, 2.45) is 0 Å². The Morgan fingerprint density at radius 1 is 1.35 bits per heavy atom. The van der Waals surface area contributed by atoms with E-state index in [0.29, 0.717) is 6.54 Å². The zero-order chi connectivity index (χ0) is 12.3. The summed E-state index contributed by atoms with van der Waals surface area (Å²) in [6.07, 6.45) is 4.21. The number of rotatable bonds is 4. The van der Waals surface area contributed by atoms with Gasteiger partial charge in [-0.15, -0.1) is 0 Å². The molecule has 17 heavy (non-hydrogen) atoms. The van der Waals surface area contributed by atoms with E-state index in [1.54, 1.807) is 12.3 Å². The molecule has 2 rings (SSSR count). The van der Waals surface area contributed by atoms with Crippen LogP contribution in [0, 0.1) is 0 Å². The highest BCUT2D eigenvalue weighted by atomic mass is 32.2. The summed E-state index contributed by atoms with van der Waals surface area (Å²) in [6, 6.07) is 6.81. The quantitative estimate of drug-likeness (QED) is 0.896. The Balaban J connectivity index is 2.04. The van der Waals surface area contributed by atoms with Gasteiger partial charge in [0.05, 0.1) is 24.7 Å². The average Bonchev–Trinajstić information content (AvgIpc) is 2.78. The molecule has 90 valence electrons. The van der Waals surface area contributed by atoms with Crippen LogP contribution in [-0.2, 0) is 16.4 Å². The van der Waals surface area contributed by atoms with Gasteiger partial charge in [0.15, 0.2) is 14.9 Å². The summed E-state index contributed by atoms with van der Waals surface area (Å²) in [4.78, 5) is 3.87. The van der Waals surface area contributed by atoms with Crippen LogP contribution in [0.1, 0.15) is 5.76 Å². The summed E-state index contributed by atoms with van der Waals surface area (Å²) in [6.45, 7) is 0.535. The monoisotopic (exact) mass is 252 g/mol. The minimum atomic E-state index is -3.24. The number of anilines is 1. The van der Waals surface area contributed by atoms with Gasteiger partial charge >= 0.3 is 0 Å². The number of furan rings is 1. The third-order valence-corrected chi connectivity index (χ3v) is 3.16. The number of nitrogens with zero attached hydrogens (tertiary/aromatic N) is 1. The largest absolute Gasteiger partial charge is 0.467 e. The van der Waals surface area contributed by atoms with Gasteiger partial charge in [-0.3, -0.25) is 0 Å². The van der Waals surface area contributed by atoms with Crippen molar-refractivity contribution in [1.82, 2.24) is 4.98 Å². The van der Waals surface area contributed by atoms with E-state index < -0.39 is 9.84 Å². The van der Waals surface area contributed by atoms with Crippen LogP contribution >= 0.6 is 0 Å². The molecule has 2 aromatic rings. The highest BCUT2D eigenvalue weighted by Gasteiger charge is 2.07. The average molecular weight is 252 g/mol. The molecule has 0 unspecified atom stereocenters. The van der Waals surface area contributed by atoms with Gasteiger partial charge in [0.2, 0.25) is 0 Å². The molecule has 0 saturated heterocycles. The number of aromatic nitrogens is 1. The summed E-state index contributed by atoms with van der Waals surface area (Å²) in [5.41, 5.74) is 0.744. The van der Waals surface area contributed by atoms with Crippen LogP contribution in [0.3, 0.4) is 0 Å². The third-order valence-electron chi connectivity index (χ3n) is 2.16. The minimum absolute atomic E-state index is 0.0704. The highest BCUT2D eigenvalue weighted by Crippen LogP contribution is 2.11. The van der Waals surface area contributed by atoms with Crippen LogP contribution in [0.25, 0.3) is 0 Å². The minimum Gasteiger partial charge on any atom is -0.467 e. The Hall–Kier alpha value is -1.82. The fourth-order valence-corrected chi connectivity index (χ4v) is 1.87. The van der Waals surface area contributed by atoms with E-state index in [1.165, 1.54) is 12.3 Å². The second-order valence-corrected chi connectivity index (χ2v) is 5.55. The Morgan fingerprint density at radius 3 is 2.71 bits per heavy atom. The van der Waals surface area contributed by atoms with Crippen molar-refractivity contribution in [3.63, 3.8) is 0 Å². The zero-order valence-corrected chi connectivity index (χ0v) is 10.1. The first kappa shape index (κ1) is 11.7. The normalized spacial score (nSPS) is 11.4. The maximum Gasteiger partial charge on any atom is 0.192 e. The number of hydrogen-bond donors (Lipinski definition) is 1. The molecule has 0 aromatic carbocycles. The topological polar surface area (TPSA) is 72.2 Å². The molecule has 2 aromatic heterocycles. The molecule has 0 bridgehead atoms. The van der Waals surface area contributed by atoms with E-state index in [0.717, 1.165) is 17.7 Å². The number of sulfone groups is 1. The van der Waals surface area contributed by atoms with Crippen LogP contribution in [-0.4, -0.2) is 19.7 Å². The van der Waals surface area contributed by atoms with E-state index >= 15 is 0 Å². The number of pyridine rings is 1. The van der Waals surface area contributed by atoms with Gasteiger partial charge in [-0.1, -0.05) is 0 Å². The van der Waals surface area contributed by atoms with Crippen molar-refractivity contribution in [3.05, 3.63) is 42.5 Å². The van der Waals surface area contributed by atoms with Crippen molar-refractivity contribution in [3.8, 4) is 0 Å². The maximum absolute atomic E-state index is 11.2. The van der Waals surface area contributed by atoms with Crippen LogP contribution < -0.4 is 5.32 Å². The van der Waals surface area contributed by atoms with E-state index in [9.17, 15) is 8.42 Å². The molecule has 0 spiro atoms. The Kier molecular flexibility index (Phi) is 3.14. The summed E-state index contributed by atoms with van der Waals surface area (Å²) in [5, 5.41) is 3.15. The molecule has 5 nitrogen and oxygen atoms in total. The standard InChI is InChI=1S/C11H12N2O3S/c1-17(14,15)11-5-4-9(7-13-11)12-8-10-3-2-6-16-10/h2-7,12H,8H2,1H3. The lowest BCUT2D eigenvalue weighted by Gasteiger charge is -2.04. The molecule has 6 heteroatoms. The van der Waals surface area contributed by atoms with Crippen LogP contribution in [0.2, 0.25) is 0 Å². The van der Waals surface area contributed by atoms with Gasteiger partial charge in [0, 0.05) is 6.26 Å². The molecular formula is C11H12N2O3S. The summed E-state index contributed by atoms with van der Waals surface area (Å²) >= 11 is 0. The van der Waals surface area contributed by atoms with Gasteiger partial charge in [-0.2, -0.15) is 0 Å². The predicted octanol–water partition coefficient (Wildman–Crippen LogP) is 1.69. The first-order chi connectivity index (χ1) is 8.05. The summed E-state index contributed by atoms with van der Waals surface area (Å²) in [7, 11) is -3.24. The van der Waals surface area contributed by atoms with Crippen LogP contribution in [0.5, 0.6) is 0 Å². The van der Waals surface area contributed by atoms with Gasteiger partial charge in [0.1, 0.15) is 5.76 Å². The third kappa shape index (κ3) is 3.07. The van der Waals surface area contributed by atoms with Crippen LogP contribution in [0.4, 0.5) is 5.69 Å². The fourth-order valence-electron chi connectivity index (χ4n) is 1.31. The van der Waals surface area contributed by atoms with Crippen molar-refractivity contribution in [2.45, 2.75) is 11.6 Å². The molecule has 2 heterocycles. The molecule has 0 aliphatic rings.